The van der Waals surface area contributed by atoms with Crippen molar-refractivity contribution in [3.8, 4) is 0 Å². The number of aromatic amines is 1. The first-order valence-corrected chi connectivity index (χ1v) is 5.45. The van der Waals surface area contributed by atoms with Gasteiger partial charge in [0.15, 0.2) is 0 Å². The van der Waals surface area contributed by atoms with Gasteiger partial charge in [0, 0.05) is 0 Å². The zero-order chi connectivity index (χ0) is 10.3. The van der Waals surface area contributed by atoms with Crippen molar-refractivity contribution in [1.29, 1.82) is 0 Å². The first-order chi connectivity index (χ1) is 6.61. The Hall–Kier alpha value is -0.700. The highest BCUT2D eigenvalue weighted by Crippen LogP contribution is 2.34. The van der Waals surface area contributed by atoms with Crippen molar-refractivity contribution >= 4 is 55.1 Å². The highest BCUT2D eigenvalue weighted by molar-refractivity contribution is 14.1. The summed E-state index contributed by atoms with van der Waals surface area (Å²) >= 11 is 5.14. The molecule has 0 aliphatic heterocycles. The van der Waals surface area contributed by atoms with Gasteiger partial charge in [0.05, 0.1) is 9.40 Å². The van der Waals surface area contributed by atoms with Gasteiger partial charge in [-0.15, -0.1) is 0 Å². The van der Waals surface area contributed by atoms with E-state index in [1.54, 1.807) is 12.1 Å². The van der Waals surface area contributed by atoms with E-state index in [1.807, 2.05) is 22.6 Å². The number of halogens is 2. The molecular formula is C7H3BrIN3O2. The second-order valence-corrected chi connectivity index (χ2v) is 4.52. The lowest BCUT2D eigenvalue weighted by Crippen LogP contribution is -1.90. The molecule has 1 heterocycles. The van der Waals surface area contributed by atoms with Crippen LogP contribution in [0.15, 0.2) is 16.6 Å². The van der Waals surface area contributed by atoms with Crippen LogP contribution in [0.25, 0.3) is 10.9 Å². The quantitative estimate of drug-likeness (QED) is 0.478. The van der Waals surface area contributed by atoms with E-state index in [4.69, 9.17) is 0 Å². The Morgan fingerprint density at radius 2 is 2.29 bits per heavy atom. The monoisotopic (exact) mass is 367 g/mol. The second-order valence-electron chi connectivity index (χ2n) is 2.58. The normalized spacial score (nSPS) is 10.7. The van der Waals surface area contributed by atoms with Gasteiger partial charge in [-0.25, -0.2) is 0 Å². The number of aromatic nitrogens is 2. The largest absolute Gasteiger partial charge is 0.295 e. The molecule has 0 fully saturated rings. The average molecular weight is 368 g/mol. The molecule has 14 heavy (non-hydrogen) atoms. The molecule has 0 saturated heterocycles. The van der Waals surface area contributed by atoms with Gasteiger partial charge in [-0.3, -0.25) is 15.2 Å². The summed E-state index contributed by atoms with van der Waals surface area (Å²) in [6.45, 7) is 0. The topological polar surface area (TPSA) is 71.8 Å². The van der Waals surface area contributed by atoms with Gasteiger partial charge in [0.2, 0.25) is 0 Å². The Morgan fingerprint density at radius 3 is 2.93 bits per heavy atom. The third-order valence-electron chi connectivity index (χ3n) is 1.78. The number of nitro benzene ring substituents is 1. The molecule has 1 aromatic carbocycles. The van der Waals surface area contributed by atoms with Crippen LogP contribution < -0.4 is 0 Å². The summed E-state index contributed by atoms with van der Waals surface area (Å²) in [5, 5.41) is 18.0. The van der Waals surface area contributed by atoms with Crippen LogP contribution in [0.1, 0.15) is 0 Å². The molecule has 0 amide bonds. The third kappa shape index (κ3) is 1.40. The van der Waals surface area contributed by atoms with Gasteiger partial charge >= 0.3 is 0 Å². The summed E-state index contributed by atoms with van der Waals surface area (Å²) in [6.07, 6.45) is 0. The van der Waals surface area contributed by atoms with Crippen molar-refractivity contribution in [3.05, 3.63) is 30.4 Å². The minimum Gasteiger partial charge on any atom is -0.271 e. The number of benzene rings is 1. The lowest BCUT2D eigenvalue weighted by atomic mass is 10.2. The van der Waals surface area contributed by atoms with E-state index >= 15 is 0 Å². The van der Waals surface area contributed by atoms with Gasteiger partial charge in [0.25, 0.3) is 5.69 Å². The molecular weight excluding hydrogens is 365 g/mol. The smallest absolute Gasteiger partial charge is 0.271 e. The summed E-state index contributed by atoms with van der Waals surface area (Å²) in [5.74, 6) is 0. The molecule has 0 atom stereocenters. The highest BCUT2D eigenvalue weighted by atomic mass is 127. The predicted molar refractivity (Wildman–Crippen MR) is 63.2 cm³/mol. The van der Waals surface area contributed by atoms with Crippen LogP contribution in [0.2, 0.25) is 0 Å². The lowest BCUT2D eigenvalue weighted by Gasteiger charge is -1.96. The summed E-state index contributed by atoms with van der Waals surface area (Å²) in [4.78, 5) is 10.4. The molecule has 0 bridgehead atoms. The molecule has 0 spiro atoms. The lowest BCUT2D eigenvalue weighted by molar-refractivity contribution is -0.383. The van der Waals surface area contributed by atoms with Crippen molar-refractivity contribution in [1.82, 2.24) is 10.2 Å². The molecule has 72 valence electrons. The van der Waals surface area contributed by atoms with Crippen LogP contribution in [-0.4, -0.2) is 15.1 Å². The molecule has 0 radical (unpaired) electrons. The molecule has 0 unspecified atom stereocenters. The van der Waals surface area contributed by atoms with E-state index in [9.17, 15) is 10.1 Å². The van der Waals surface area contributed by atoms with Gasteiger partial charge in [-0.2, -0.15) is 5.10 Å². The molecule has 7 heteroatoms. The van der Waals surface area contributed by atoms with E-state index in [-0.39, 0.29) is 5.69 Å². The minimum atomic E-state index is -0.413. The van der Waals surface area contributed by atoms with Gasteiger partial charge in [0.1, 0.15) is 14.6 Å². The number of hydrogen-bond donors (Lipinski definition) is 1. The Bertz CT molecular complexity index is 525. The van der Waals surface area contributed by atoms with Crippen LogP contribution in [0, 0.1) is 13.8 Å². The first-order valence-electron chi connectivity index (χ1n) is 3.57. The van der Waals surface area contributed by atoms with Crippen molar-refractivity contribution in [2.45, 2.75) is 0 Å². The number of hydrogen-bond acceptors (Lipinski definition) is 3. The molecule has 0 saturated carbocycles. The summed E-state index contributed by atoms with van der Waals surface area (Å²) in [6, 6.07) is 3.35. The highest BCUT2D eigenvalue weighted by Gasteiger charge is 2.20. The maximum atomic E-state index is 10.8. The molecule has 0 aliphatic rings. The standard InChI is InChI=1S/C7H3BrIN3O2/c8-3-1-2-4-5(6(3)12(13)14)7(9)11-10-4/h1-2H,(H,10,11). The zero-order valence-corrected chi connectivity index (χ0v) is 10.4. The van der Waals surface area contributed by atoms with Gasteiger partial charge in [-0.05, 0) is 50.7 Å². The number of rotatable bonds is 1. The Balaban J connectivity index is 2.94. The van der Waals surface area contributed by atoms with Crippen molar-refractivity contribution in [3.63, 3.8) is 0 Å². The third-order valence-corrected chi connectivity index (χ3v) is 3.20. The summed E-state index contributed by atoms with van der Waals surface area (Å²) < 4.78 is 1.14. The molecule has 1 N–H and O–H groups in total. The van der Waals surface area contributed by atoms with Crippen LogP contribution in [-0.2, 0) is 0 Å². The molecule has 1 aromatic heterocycles. The minimum absolute atomic E-state index is 0.0562. The molecule has 5 nitrogen and oxygen atoms in total. The van der Waals surface area contributed by atoms with Gasteiger partial charge < -0.3 is 0 Å². The van der Waals surface area contributed by atoms with Crippen molar-refractivity contribution in [2.24, 2.45) is 0 Å². The first kappa shape index (κ1) is 9.84. The summed E-state index contributed by atoms with van der Waals surface area (Å²) in [7, 11) is 0. The van der Waals surface area contributed by atoms with Crippen molar-refractivity contribution < 1.29 is 4.92 Å². The van der Waals surface area contributed by atoms with E-state index in [0.717, 1.165) is 0 Å². The fourth-order valence-corrected chi connectivity index (χ4v) is 2.34. The fraction of sp³-hybridized carbons (Fsp3) is 0. The zero-order valence-electron chi connectivity index (χ0n) is 6.62. The number of nitrogens with one attached hydrogen (secondary N) is 1. The van der Waals surface area contributed by atoms with E-state index in [0.29, 0.717) is 19.1 Å². The van der Waals surface area contributed by atoms with Crippen LogP contribution in [0.5, 0.6) is 0 Å². The fourth-order valence-electron chi connectivity index (χ4n) is 1.21. The van der Waals surface area contributed by atoms with Crippen LogP contribution >= 0.6 is 38.5 Å². The average Bonchev–Trinajstić information content (AvgIpc) is 2.47. The number of nitro groups is 1. The molecule has 2 aromatic rings. The maximum Gasteiger partial charge on any atom is 0.295 e. The van der Waals surface area contributed by atoms with Crippen LogP contribution in [0.4, 0.5) is 5.69 Å². The predicted octanol–water partition coefficient (Wildman–Crippen LogP) is 2.84. The number of H-pyrrole nitrogens is 1. The molecule has 2 rings (SSSR count). The Morgan fingerprint density at radius 1 is 1.57 bits per heavy atom. The second kappa shape index (κ2) is 3.46. The summed E-state index contributed by atoms with van der Waals surface area (Å²) in [5.41, 5.74) is 0.657. The Kier molecular flexibility index (Phi) is 2.43. The van der Waals surface area contributed by atoms with E-state index in [1.165, 1.54) is 0 Å². The number of fused-ring (bicyclic) bond motifs is 1. The Labute approximate surface area is 100 Å². The van der Waals surface area contributed by atoms with E-state index < -0.39 is 4.92 Å². The number of nitrogens with zero attached hydrogens (tertiary/aromatic N) is 2. The van der Waals surface area contributed by atoms with Gasteiger partial charge in [-0.1, -0.05) is 0 Å². The van der Waals surface area contributed by atoms with E-state index in [2.05, 4.69) is 26.1 Å². The molecule has 0 aliphatic carbocycles. The van der Waals surface area contributed by atoms with Crippen molar-refractivity contribution in [2.75, 3.05) is 0 Å². The maximum absolute atomic E-state index is 10.8. The SMILES string of the molecule is O=[N+]([O-])c1c(Br)ccc2n[nH]c(I)c12. The van der Waals surface area contributed by atoms with Crippen LogP contribution in [0.3, 0.4) is 0 Å².